The van der Waals surface area contributed by atoms with Crippen molar-refractivity contribution in [2.24, 2.45) is 0 Å². The van der Waals surface area contributed by atoms with Crippen LogP contribution in [0.3, 0.4) is 0 Å². The molecular weight excluding hydrogens is 448 g/mol. The number of nitrogens with one attached hydrogen (secondary N) is 2. The molecule has 4 heterocycles. The molecule has 172 valence electrons. The van der Waals surface area contributed by atoms with E-state index in [2.05, 4.69) is 35.7 Å². The Kier molecular flexibility index (Phi) is 5.00. The standard InChI is InChI=1S/C21H17F2N9O2/c1-9(27-19-17(18(24)25-8-26-19)20-31-28-10(2)34-20)14-5-11-3-4-12(22)6-13(11)21(33)32(14)16-7-15(23)29-30-16/h3-9H,1-2H3,(H,29,30)(H3,24,25,26,27). The molecule has 0 saturated heterocycles. The Balaban J connectivity index is 1.66. The molecule has 1 atom stereocenters. The molecule has 0 radical (unpaired) electrons. The summed E-state index contributed by atoms with van der Waals surface area (Å²) in [5.41, 5.74) is 6.17. The van der Waals surface area contributed by atoms with Crippen molar-refractivity contribution < 1.29 is 13.2 Å². The Morgan fingerprint density at radius 2 is 2.00 bits per heavy atom. The van der Waals surface area contributed by atoms with Gasteiger partial charge in [0.05, 0.1) is 17.1 Å². The van der Waals surface area contributed by atoms with Crippen molar-refractivity contribution in [2.45, 2.75) is 19.9 Å². The molecule has 5 aromatic rings. The zero-order chi connectivity index (χ0) is 24.0. The summed E-state index contributed by atoms with van der Waals surface area (Å²) in [4.78, 5) is 21.6. The fourth-order valence-electron chi connectivity index (χ4n) is 3.66. The number of benzene rings is 1. The number of nitrogens with zero attached hydrogens (tertiary/aromatic N) is 6. The van der Waals surface area contributed by atoms with Gasteiger partial charge in [-0.3, -0.25) is 14.5 Å². The van der Waals surface area contributed by atoms with E-state index < -0.39 is 23.4 Å². The third kappa shape index (κ3) is 3.62. The minimum atomic E-state index is -0.731. The molecule has 0 saturated carbocycles. The molecule has 0 aliphatic carbocycles. The molecule has 0 fully saturated rings. The van der Waals surface area contributed by atoms with Gasteiger partial charge in [0.15, 0.2) is 5.82 Å². The van der Waals surface area contributed by atoms with Crippen LogP contribution in [0.1, 0.15) is 24.6 Å². The maximum Gasteiger partial charge on any atom is 0.264 e. The van der Waals surface area contributed by atoms with Crippen LogP contribution in [0.4, 0.5) is 20.4 Å². The minimum absolute atomic E-state index is 0.00672. The second-order valence-electron chi connectivity index (χ2n) is 7.49. The Morgan fingerprint density at radius 1 is 1.18 bits per heavy atom. The molecule has 0 amide bonds. The van der Waals surface area contributed by atoms with E-state index in [1.165, 1.54) is 23.0 Å². The summed E-state index contributed by atoms with van der Waals surface area (Å²) >= 11 is 0. The molecule has 4 N–H and O–H groups in total. The third-order valence-corrected chi connectivity index (χ3v) is 5.19. The maximum absolute atomic E-state index is 13.9. The second kappa shape index (κ2) is 8.03. The molecule has 0 aliphatic rings. The Morgan fingerprint density at radius 3 is 2.71 bits per heavy atom. The highest BCUT2D eigenvalue weighted by atomic mass is 19.1. The van der Waals surface area contributed by atoms with Crippen LogP contribution in [0.25, 0.3) is 28.0 Å². The summed E-state index contributed by atoms with van der Waals surface area (Å²) < 4.78 is 34.3. The number of halogens is 2. The largest absolute Gasteiger partial charge is 0.421 e. The van der Waals surface area contributed by atoms with E-state index in [-0.39, 0.29) is 34.3 Å². The van der Waals surface area contributed by atoms with E-state index in [0.717, 1.165) is 12.1 Å². The number of pyridine rings is 1. The molecule has 5 rings (SSSR count). The fraction of sp³-hybridized carbons (Fsp3) is 0.143. The van der Waals surface area contributed by atoms with Gasteiger partial charge in [-0.25, -0.2) is 14.4 Å². The SMILES string of the molecule is Cc1nnc(-c2c(N)ncnc2NC(C)c2cc3ccc(F)cc3c(=O)n2-c2cc(F)[nH]n2)o1. The predicted octanol–water partition coefficient (Wildman–Crippen LogP) is 2.90. The van der Waals surface area contributed by atoms with Gasteiger partial charge in [0.25, 0.3) is 11.4 Å². The molecule has 13 heteroatoms. The van der Waals surface area contributed by atoms with Gasteiger partial charge in [-0.15, -0.1) is 10.2 Å². The number of nitrogen functional groups attached to an aromatic ring is 1. The number of rotatable bonds is 5. The third-order valence-electron chi connectivity index (χ3n) is 5.19. The van der Waals surface area contributed by atoms with Gasteiger partial charge in [0.1, 0.15) is 29.3 Å². The highest BCUT2D eigenvalue weighted by Crippen LogP contribution is 2.32. The van der Waals surface area contributed by atoms with Gasteiger partial charge >= 0.3 is 0 Å². The van der Waals surface area contributed by atoms with Crippen LogP contribution in [0.2, 0.25) is 0 Å². The molecule has 34 heavy (non-hydrogen) atoms. The summed E-state index contributed by atoms with van der Waals surface area (Å²) in [6.45, 7) is 3.39. The average molecular weight is 465 g/mol. The number of hydrogen-bond acceptors (Lipinski definition) is 9. The molecule has 0 bridgehead atoms. The van der Waals surface area contributed by atoms with Gasteiger partial charge in [0.2, 0.25) is 11.8 Å². The second-order valence-corrected chi connectivity index (χ2v) is 7.49. The molecule has 4 aromatic heterocycles. The first kappa shape index (κ1) is 21.2. The lowest BCUT2D eigenvalue weighted by molar-refractivity contribution is 0.532. The number of nitrogens with two attached hydrogens (primary N) is 1. The van der Waals surface area contributed by atoms with Crippen molar-refractivity contribution in [3.05, 3.63) is 70.4 Å². The van der Waals surface area contributed by atoms with Crippen LogP contribution in [0.5, 0.6) is 0 Å². The number of H-pyrrole nitrogens is 1. The van der Waals surface area contributed by atoms with Crippen molar-refractivity contribution in [1.29, 1.82) is 0 Å². The lowest BCUT2D eigenvalue weighted by Gasteiger charge is -2.21. The first-order chi connectivity index (χ1) is 16.3. The van der Waals surface area contributed by atoms with Gasteiger partial charge < -0.3 is 15.5 Å². The molecular formula is C21H17F2N9O2. The van der Waals surface area contributed by atoms with Crippen LogP contribution < -0.4 is 16.6 Å². The number of fused-ring (bicyclic) bond motifs is 1. The number of anilines is 2. The van der Waals surface area contributed by atoms with E-state index in [1.54, 1.807) is 19.9 Å². The summed E-state index contributed by atoms with van der Waals surface area (Å²) in [5, 5.41) is 17.6. The number of hydrogen-bond donors (Lipinski definition) is 3. The van der Waals surface area contributed by atoms with Gasteiger partial charge in [0, 0.05) is 13.0 Å². The van der Waals surface area contributed by atoms with Gasteiger partial charge in [-0.05, 0) is 30.5 Å². The number of aromatic amines is 1. The van der Waals surface area contributed by atoms with Gasteiger partial charge in [-0.1, -0.05) is 6.07 Å². The summed E-state index contributed by atoms with van der Waals surface area (Å²) in [5.74, 6) is -0.472. The summed E-state index contributed by atoms with van der Waals surface area (Å²) in [7, 11) is 0. The van der Waals surface area contributed by atoms with Crippen molar-refractivity contribution in [1.82, 2.24) is 34.9 Å². The number of aryl methyl sites for hydroxylation is 1. The molecule has 11 nitrogen and oxygen atoms in total. The molecule has 1 aromatic carbocycles. The lowest BCUT2D eigenvalue weighted by Crippen LogP contribution is -2.26. The van der Waals surface area contributed by atoms with Crippen LogP contribution in [-0.2, 0) is 0 Å². The van der Waals surface area contributed by atoms with Gasteiger partial charge in [-0.2, -0.15) is 9.49 Å². The Hall–Kier alpha value is -4.68. The highest BCUT2D eigenvalue weighted by molar-refractivity contribution is 5.83. The van der Waals surface area contributed by atoms with E-state index in [1.807, 2.05) is 0 Å². The van der Waals surface area contributed by atoms with Crippen LogP contribution in [0, 0.1) is 18.7 Å². The van der Waals surface area contributed by atoms with Crippen molar-refractivity contribution in [2.75, 3.05) is 11.1 Å². The average Bonchev–Trinajstić information content (AvgIpc) is 3.42. The summed E-state index contributed by atoms with van der Waals surface area (Å²) in [6.07, 6.45) is 1.26. The maximum atomic E-state index is 13.9. The lowest BCUT2D eigenvalue weighted by atomic mass is 10.1. The first-order valence-corrected chi connectivity index (χ1v) is 10.1. The van der Waals surface area contributed by atoms with Crippen LogP contribution >= 0.6 is 0 Å². The van der Waals surface area contributed by atoms with Crippen molar-refractivity contribution in [3.63, 3.8) is 0 Å². The van der Waals surface area contributed by atoms with Crippen molar-refractivity contribution in [3.8, 4) is 17.3 Å². The number of aromatic nitrogens is 7. The normalized spacial score (nSPS) is 12.2. The quantitative estimate of drug-likeness (QED) is 0.355. The minimum Gasteiger partial charge on any atom is -0.421 e. The Bertz CT molecular complexity index is 1590. The van der Waals surface area contributed by atoms with Crippen LogP contribution in [-0.4, -0.2) is 34.9 Å². The van der Waals surface area contributed by atoms with E-state index >= 15 is 0 Å². The molecule has 0 aliphatic heterocycles. The zero-order valence-electron chi connectivity index (χ0n) is 17.9. The van der Waals surface area contributed by atoms with E-state index in [4.69, 9.17) is 10.2 Å². The molecule has 1 unspecified atom stereocenters. The Labute approximate surface area is 189 Å². The predicted molar refractivity (Wildman–Crippen MR) is 118 cm³/mol. The smallest absolute Gasteiger partial charge is 0.264 e. The van der Waals surface area contributed by atoms with E-state index in [9.17, 15) is 13.6 Å². The molecule has 0 spiro atoms. The van der Waals surface area contributed by atoms with Crippen LogP contribution in [0.15, 0.2) is 45.9 Å². The van der Waals surface area contributed by atoms with E-state index in [0.29, 0.717) is 17.0 Å². The topological polar surface area (TPSA) is 153 Å². The van der Waals surface area contributed by atoms with Crippen molar-refractivity contribution >= 4 is 22.4 Å². The highest BCUT2D eigenvalue weighted by Gasteiger charge is 2.23. The fourth-order valence-corrected chi connectivity index (χ4v) is 3.66. The summed E-state index contributed by atoms with van der Waals surface area (Å²) in [6, 6.07) is 6.02. The zero-order valence-corrected chi connectivity index (χ0v) is 17.9. The monoisotopic (exact) mass is 465 g/mol. The first-order valence-electron chi connectivity index (χ1n) is 10.1.